The summed E-state index contributed by atoms with van der Waals surface area (Å²) in [5.41, 5.74) is 1.65. The molecule has 0 fully saturated rings. The molecule has 0 amide bonds. The number of aromatic nitrogens is 4. The SMILES string of the molecule is CCOC(=O)[C@@H](CC)Sc1ncnc2c1cnn2-c1ccccc1. The maximum Gasteiger partial charge on any atom is 0.319 e. The van der Waals surface area contributed by atoms with E-state index >= 15 is 0 Å². The van der Waals surface area contributed by atoms with Crippen molar-refractivity contribution in [2.75, 3.05) is 6.61 Å². The zero-order valence-electron chi connectivity index (χ0n) is 13.5. The number of carbonyl (C=O) groups is 1. The molecule has 0 aliphatic heterocycles. The van der Waals surface area contributed by atoms with Gasteiger partial charge in [-0.05, 0) is 25.5 Å². The lowest BCUT2D eigenvalue weighted by molar-refractivity contribution is -0.142. The van der Waals surface area contributed by atoms with Gasteiger partial charge in [0, 0.05) is 0 Å². The Hall–Kier alpha value is -2.41. The van der Waals surface area contributed by atoms with Gasteiger partial charge in [-0.15, -0.1) is 0 Å². The molecule has 2 heterocycles. The fourth-order valence-corrected chi connectivity index (χ4v) is 3.32. The van der Waals surface area contributed by atoms with Crippen LogP contribution in [0.25, 0.3) is 16.7 Å². The monoisotopic (exact) mass is 342 g/mol. The quantitative estimate of drug-likeness (QED) is 0.389. The second-order valence-corrected chi connectivity index (χ2v) is 6.27. The summed E-state index contributed by atoms with van der Waals surface area (Å²) in [4.78, 5) is 20.7. The second-order valence-electron chi connectivity index (χ2n) is 5.07. The van der Waals surface area contributed by atoms with Crippen LogP contribution in [0.5, 0.6) is 0 Å². The van der Waals surface area contributed by atoms with Crippen LogP contribution in [0.3, 0.4) is 0 Å². The molecule has 3 rings (SSSR count). The van der Waals surface area contributed by atoms with Gasteiger partial charge in [0.1, 0.15) is 16.6 Å². The Labute approximate surface area is 144 Å². The smallest absolute Gasteiger partial charge is 0.319 e. The normalized spacial score (nSPS) is 12.2. The molecule has 2 aromatic heterocycles. The second kappa shape index (κ2) is 7.44. The summed E-state index contributed by atoms with van der Waals surface area (Å²) in [5.74, 6) is -0.216. The van der Waals surface area contributed by atoms with Crippen LogP contribution in [0, 0.1) is 0 Å². The molecule has 0 saturated heterocycles. The first-order valence-corrected chi connectivity index (χ1v) is 8.70. The minimum atomic E-state index is -0.289. The topological polar surface area (TPSA) is 69.9 Å². The summed E-state index contributed by atoms with van der Waals surface area (Å²) in [5, 5.41) is 5.70. The van der Waals surface area contributed by atoms with Crippen LogP contribution >= 0.6 is 11.8 Å². The Kier molecular flexibility index (Phi) is 5.10. The zero-order chi connectivity index (χ0) is 16.9. The van der Waals surface area contributed by atoms with Crippen molar-refractivity contribution in [3.8, 4) is 5.69 Å². The number of para-hydroxylation sites is 1. The van der Waals surface area contributed by atoms with Crippen LogP contribution < -0.4 is 0 Å². The van der Waals surface area contributed by atoms with Crippen molar-refractivity contribution in [2.45, 2.75) is 30.5 Å². The molecule has 0 N–H and O–H groups in total. The molecular weight excluding hydrogens is 324 g/mol. The standard InChI is InChI=1S/C17H18N4O2S/c1-3-14(17(22)23-4-2)24-16-13-10-20-21(15(13)18-11-19-16)12-8-6-5-7-9-12/h5-11,14H,3-4H2,1-2H3/t14-/m1/s1. The minimum Gasteiger partial charge on any atom is -0.465 e. The Morgan fingerprint density at radius 3 is 2.75 bits per heavy atom. The number of nitrogens with zero attached hydrogens (tertiary/aromatic N) is 4. The van der Waals surface area contributed by atoms with Crippen molar-refractivity contribution in [3.63, 3.8) is 0 Å². The third kappa shape index (κ3) is 3.26. The van der Waals surface area contributed by atoms with Crippen LogP contribution in [0.1, 0.15) is 20.3 Å². The van der Waals surface area contributed by atoms with E-state index in [1.54, 1.807) is 10.9 Å². The Bertz CT molecular complexity index is 835. The molecule has 1 atom stereocenters. The molecule has 0 aliphatic rings. The van der Waals surface area contributed by atoms with E-state index in [0.29, 0.717) is 13.0 Å². The van der Waals surface area contributed by atoms with Crippen molar-refractivity contribution in [2.24, 2.45) is 0 Å². The fourth-order valence-electron chi connectivity index (χ4n) is 2.34. The molecule has 0 spiro atoms. The van der Waals surface area contributed by atoms with Crippen LogP contribution in [0.15, 0.2) is 47.9 Å². The van der Waals surface area contributed by atoms with E-state index in [1.807, 2.05) is 44.2 Å². The highest BCUT2D eigenvalue weighted by molar-refractivity contribution is 8.00. The molecule has 0 saturated carbocycles. The van der Waals surface area contributed by atoms with Gasteiger partial charge in [0.05, 0.1) is 23.9 Å². The number of thioether (sulfide) groups is 1. The van der Waals surface area contributed by atoms with E-state index in [1.165, 1.54) is 18.1 Å². The van der Waals surface area contributed by atoms with Gasteiger partial charge in [-0.25, -0.2) is 14.6 Å². The van der Waals surface area contributed by atoms with E-state index in [-0.39, 0.29) is 11.2 Å². The van der Waals surface area contributed by atoms with Crippen molar-refractivity contribution >= 4 is 28.8 Å². The number of carbonyl (C=O) groups excluding carboxylic acids is 1. The summed E-state index contributed by atoms with van der Waals surface area (Å²) in [6.45, 7) is 4.14. The summed E-state index contributed by atoms with van der Waals surface area (Å²) in [6, 6.07) is 9.79. The van der Waals surface area contributed by atoms with Gasteiger partial charge in [-0.3, -0.25) is 4.79 Å². The third-order valence-corrected chi connectivity index (χ3v) is 4.86. The summed E-state index contributed by atoms with van der Waals surface area (Å²) < 4.78 is 6.90. The zero-order valence-corrected chi connectivity index (χ0v) is 14.4. The molecule has 1 aromatic carbocycles. The molecule has 6 nitrogen and oxygen atoms in total. The maximum absolute atomic E-state index is 12.0. The highest BCUT2D eigenvalue weighted by Crippen LogP contribution is 2.30. The van der Waals surface area contributed by atoms with Crippen LogP contribution in [-0.4, -0.2) is 37.6 Å². The molecule has 3 aromatic rings. The first kappa shape index (κ1) is 16.4. The number of hydrogen-bond acceptors (Lipinski definition) is 6. The van der Waals surface area contributed by atoms with Crippen LogP contribution in [-0.2, 0) is 9.53 Å². The first-order chi connectivity index (χ1) is 11.7. The molecule has 7 heteroatoms. The van der Waals surface area contributed by atoms with Gasteiger partial charge in [-0.2, -0.15) is 5.10 Å². The van der Waals surface area contributed by atoms with E-state index < -0.39 is 0 Å². The molecule has 0 unspecified atom stereocenters. The number of ether oxygens (including phenoxy) is 1. The number of benzene rings is 1. The molecule has 0 bridgehead atoms. The number of hydrogen-bond donors (Lipinski definition) is 0. The van der Waals surface area contributed by atoms with Gasteiger partial charge in [0.25, 0.3) is 0 Å². The number of rotatable bonds is 6. The van der Waals surface area contributed by atoms with Gasteiger partial charge in [0.15, 0.2) is 5.65 Å². The average Bonchev–Trinajstić information content (AvgIpc) is 3.05. The van der Waals surface area contributed by atoms with Crippen molar-refractivity contribution in [1.29, 1.82) is 0 Å². The predicted molar refractivity (Wildman–Crippen MR) is 93.2 cm³/mol. The molecule has 0 radical (unpaired) electrons. The molecular formula is C17H18N4O2S. The Morgan fingerprint density at radius 2 is 2.04 bits per heavy atom. The number of esters is 1. The van der Waals surface area contributed by atoms with Crippen molar-refractivity contribution in [3.05, 3.63) is 42.9 Å². The van der Waals surface area contributed by atoms with E-state index in [4.69, 9.17) is 4.74 Å². The van der Waals surface area contributed by atoms with Gasteiger partial charge < -0.3 is 4.74 Å². The van der Waals surface area contributed by atoms with Gasteiger partial charge >= 0.3 is 5.97 Å². The van der Waals surface area contributed by atoms with Crippen LogP contribution in [0.4, 0.5) is 0 Å². The summed E-state index contributed by atoms with van der Waals surface area (Å²) in [7, 11) is 0. The van der Waals surface area contributed by atoms with Crippen LogP contribution in [0.2, 0.25) is 0 Å². The van der Waals surface area contributed by atoms with E-state index in [9.17, 15) is 4.79 Å². The lowest BCUT2D eigenvalue weighted by atomic mass is 10.3. The lowest BCUT2D eigenvalue weighted by Crippen LogP contribution is -2.19. The highest BCUT2D eigenvalue weighted by Gasteiger charge is 2.22. The summed E-state index contributed by atoms with van der Waals surface area (Å²) >= 11 is 1.40. The largest absolute Gasteiger partial charge is 0.465 e. The first-order valence-electron chi connectivity index (χ1n) is 7.82. The summed E-state index contributed by atoms with van der Waals surface area (Å²) in [6.07, 6.45) is 3.91. The molecule has 124 valence electrons. The highest BCUT2D eigenvalue weighted by atomic mass is 32.2. The minimum absolute atomic E-state index is 0.216. The Balaban J connectivity index is 1.96. The molecule has 24 heavy (non-hydrogen) atoms. The number of fused-ring (bicyclic) bond motifs is 1. The Morgan fingerprint density at radius 1 is 1.25 bits per heavy atom. The molecule has 0 aliphatic carbocycles. The van der Waals surface area contributed by atoms with Gasteiger partial charge in [0.2, 0.25) is 0 Å². The van der Waals surface area contributed by atoms with Crippen molar-refractivity contribution in [1.82, 2.24) is 19.7 Å². The van der Waals surface area contributed by atoms with E-state index in [2.05, 4.69) is 15.1 Å². The fraction of sp³-hybridized carbons (Fsp3) is 0.294. The predicted octanol–water partition coefficient (Wildman–Crippen LogP) is 3.25. The third-order valence-electron chi connectivity index (χ3n) is 3.50. The maximum atomic E-state index is 12.0. The van der Waals surface area contributed by atoms with Gasteiger partial charge in [-0.1, -0.05) is 36.9 Å². The van der Waals surface area contributed by atoms with Crippen molar-refractivity contribution < 1.29 is 9.53 Å². The van der Waals surface area contributed by atoms with E-state index in [0.717, 1.165) is 21.7 Å². The lowest BCUT2D eigenvalue weighted by Gasteiger charge is -2.12. The average molecular weight is 342 g/mol.